The third-order valence-electron chi connectivity index (χ3n) is 5.47. The maximum atomic E-state index is 12.6. The van der Waals surface area contributed by atoms with E-state index >= 15 is 0 Å². The van der Waals surface area contributed by atoms with Crippen LogP contribution in [0, 0.1) is 17.3 Å². The third kappa shape index (κ3) is 4.59. The number of Topliss-reactive ketones (excluding diaryl/α,β-unsaturated/α-hetero) is 1. The van der Waals surface area contributed by atoms with Gasteiger partial charge in [0.15, 0.2) is 0 Å². The molecule has 0 bridgehead atoms. The van der Waals surface area contributed by atoms with Crippen molar-refractivity contribution in [2.45, 2.75) is 47.0 Å². The average Bonchev–Trinajstić information content (AvgIpc) is 2.55. The maximum Gasteiger partial charge on any atom is 0.321 e. The Morgan fingerprint density at radius 1 is 1.25 bits per heavy atom. The number of carbonyl (C=O) groups is 2. The summed E-state index contributed by atoms with van der Waals surface area (Å²) in [5.74, 6) is 0.907. The van der Waals surface area contributed by atoms with Crippen molar-refractivity contribution in [3.63, 3.8) is 0 Å². The van der Waals surface area contributed by atoms with Crippen LogP contribution in [0.3, 0.4) is 0 Å². The molecule has 2 rings (SSSR count). The number of hydrogen-bond donors (Lipinski definition) is 1. The largest absolute Gasteiger partial charge is 0.324 e. The number of amides is 2. The summed E-state index contributed by atoms with van der Waals surface area (Å²) >= 11 is 0. The molecule has 2 amide bonds. The second-order valence-electron chi connectivity index (χ2n) is 7.75. The van der Waals surface area contributed by atoms with E-state index in [4.69, 9.17) is 0 Å². The Morgan fingerprint density at radius 3 is 2.54 bits per heavy atom. The molecule has 4 heteroatoms. The topological polar surface area (TPSA) is 49.4 Å². The molecule has 1 aromatic carbocycles. The first kappa shape index (κ1) is 18.5. The highest BCUT2D eigenvalue weighted by molar-refractivity contribution is 5.89. The molecular formula is C20H30N2O2. The molecular weight excluding hydrogens is 300 g/mol. The van der Waals surface area contributed by atoms with Crippen LogP contribution >= 0.6 is 0 Å². The number of para-hydroxylation sites is 1. The summed E-state index contributed by atoms with van der Waals surface area (Å²) < 4.78 is 0. The van der Waals surface area contributed by atoms with E-state index in [-0.39, 0.29) is 17.4 Å². The van der Waals surface area contributed by atoms with Crippen LogP contribution < -0.4 is 5.32 Å². The van der Waals surface area contributed by atoms with E-state index < -0.39 is 0 Å². The summed E-state index contributed by atoms with van der Waals surface area (Å²) in [5, 5.41) is 2.94. The zero-order valence-electron chi connectivity index (χ0n) is 15.3. The first-order valence-corrected chi connectivity index (χ1v) is 8.95. The van der Waals surface area contributed by atoms with Crippen molar-refractivity contribution in [1.82, 2.24) is 4.90 Å². The molecule has 1 heterocycles. The van der Waals surface area contributed by atoms with Gasteiger partial charge in [-0.1, -0.05) is 45.9 Å². The van der Waals surface area contributed by atoms with Gasteiger partial charge in [0.1, 0.15) is 5.78 Å². The summed E-state index contributed by atoms with van der Waals surface area (Å²) in [6, 6.07) is 9.43. The van der Waals surface area contributed by atoms with E-state index in [9.17, 15) is 9.59 Å². The van der Waals surface area contributed by atoms with Crippen LogP contribution in [0.2, 0.25) is 0 Å². The molecule has 132 valence electrons. The first-order valence-electron chi connectivity index (χ1n) is 8.95. The van der Waals surface area contributed by atoms with E-state index in [0.29, 0.717) is 24.7 Å². The highest BCUT2D eigenvalue weighted by atomic mass is 16.2. The fourth-order valence-corrected chi connectivity index (χ4v) is 2.99. The van der Waals surface area contributed by atoms with Gasteiger partial charge in [0, 0.05) is 30.6 Å². The third-order valence-corrected chi connectivity index (χ3v) is 5.47. The molecule has 1 aliphatic rings. The lowest BCUT2D eigenvalue weighted by molar-refractivity contribution is -0.130. The molecule has 1 saturated heterocycles. The molecule has 24 heavy (non-hydrogen) atoms. The predicted molar refractivity (Wildman–Crippen MR) is 98.0 cm³/mol. The molecule has 1 fully saturated rings. The fraction of sp³-hybridized carbons (Fsp3) is 0.600. The minimum absolute atomic E-state index is 0.0681. The number of hydrogen-bond acceptors (Lipinski definition) is 2. The lowest BCUT2D eigenvalue weighted by Gasteiger charge is -2.35. The smallest absolute Gasteiger partial charge is 0.321 e. The number of nitrogens with zero attached hydrogens (tertiary/aromatic N) is 1. The Hall–Kier alpha value is -1.84. The number of urea groups is 1. The minimum Gasteiger partial charge on any atom is -0.324 e. The molecule has 0 spiro atoms. The lowest BCUT2D eigenvalue weighted by atomic mass is 9.74. The Bertz CT molecular complexity index is 566. The highest BCUT2D eigenvalue weighted by Gasteiger charge is 2.34. The van der Waals surface area contributed by atoms with Gasteiger partial charge in [-0.25, -0.2) is 4.79 Å². The number of nitrogens with one attached hydrogen (secondary N) is 1. The van der Waals surface area contributed by atoms with E-state index in [1.807, 2.05) is 49.1 Å². The molecule has 1 atom stereocenters. The van der Waals surface area contributed by atoms with Crippen molar-refractivity contribution in [3.8, 4) is 0 Å². The minimum atomic E-state index is -0.297. The van der Waals surface area contributed by atoms with Crippen LogP contribution in [0.4, 0.5) is 10.5 Å². The molecule has 4 nitrogen and oxygen atoms in total. The van der Waals surface area contributed by atoms with Gasteiger partial charge in [-0.05, 0) is 36.8 Å². The molecule has 0 saturated carbocycles. The zero-order valence-corrected chi connectivity index (χ0v) is 15.3. The Labute approximate surface area is 145 Å². The number of anilines is 1. The van der Waals surface area contributed by atoms with E-state index in [1.165, 1.54) is 0 Å². The monoisotopic (exact) mass is 330 g/mol. The molecule has 1 N–H and O–H groups in total. The fourth-order valence-electron chi connectivity index (χ4n) is 2.99. The molecule has 1 aromatic rings. The van der Waals surface area contributed by atoms with Crippen LogP contribution in [0.1, 0.15) is 47.0 Å². The van der Waals surface area contributed by atoms with Gasteiger partial charge in [-0.3, -0.25) is 4.79 Å². The normalized spacial score (nSPS) is 18.5. The number of benzene rings is 1. The van der Waals surface area contributed by atoms with Crippen LogP contribution in [-0.2, 0) is 4.79 Å². The zero-order chi connectivity index (χ0) is 17.7. The SMILES string of the molecule is CC(C)C(C)(C)C(=O)CC1CCCN(C(=O)Nc2ccccc2)C1. The standard InChI is InChI=1S/C20H30N2O2/c1-15(2)20(3,4)18(23)13-16-9-8-12-22(14-16)19(24)21-17-10-6-5-7-11-17/h5-7,10-11,15-16H,8-9,12-14H2,1-4H3,(H,21,24). The summed E-state index contributed by atoms with van der Waals surface area (Å²) in [6.45, 7) is 9.68. The molecule has 1 unspecified atom stereocenters. The van der Waals surface area contributed by atoms with E-state index in [2.05, 4.69) is 19.2 Å². The highest BCUT2D eigenvalue weighted by Crippen LogP contribution is 2.32. The van der Waals surface area contributed by atoms with Crippen molar-refractivity contribution in [1.29, 1.82) is 0 Å². The van der Waals surface area contributed by atoms with Crippen LogP contribution in [-0.4, -0.2) is 29.8 Å². The van der Waals surface area contributed by atoms with Crippen molar-refractivity contribution in [2.24, 2.45) is 17.3 Å². The average molecular weight is 330 g/mol. The van der Waals surface area contributed by atoms with Crippen LogP contribution in [0.5, 0.6) is 0 Å². The molecule has 1 aliphatic heterocycles. The van der Waals surface area contributed by atoms with E-state index in [0.717, 1.165) is 25.1 Å². The van der Waals surface area contributed by atoms with Crippen molar-refractivity contribution >= 4 is 17.5 Å². The lowest BCUT2D eigenvalue weighted by Crippen LogP contribution is -2.43. The first-order chi connectivity index (χ1) is 11.3. The second kappa shape index (κ2) is 7.82. The number of rotatable bonds is 5. The van der Waals surface area contributed by atoms with Gasteiger partial charge >= 0.3 is 6.03 Å². The van der Waals surface area contributed by atoms with Gasteiger partial charge in [-0.15, -0.1) is 0 Å². The second-order valence-corrected chi connectivity index (χ2v) is 7.75. The van der Waals surface area contributed by atoms with Gasteiger partial charge in [0.05, 0.1) is 0 Å². The maximum absolute atomic E-state index is 12.6. The quantitative estimate of drug-likeness (QED) is 0.859. The molecule has 0 aromatic heterocycles. The van der Waals surface area contributed by atoms with Gasteiger partial charge in [0.25, 0.3) is 0 Å². The van der Waals surface area contributed by atoms with Crippen molar-refractivity contribution in [3.05, 3.63) is 30.3 Å². The summed E-state index contributed by atoms with van der Waals surface area (Å²) in [7, 11) is 0. The van der Waals surface area contributed by atoms with Crippen molar-refractivity contribution in [2.75, 3.05) is 18.4 Å². The van der Waals surface area contributed by atoms with Crippen molar-refractivity contribution < 1.29 is 9.59 Å². The predicted octanol–water partition coefficient (Wildman–Crippen LogP) is 4.57. The van der Waals surface area contributed by atoms with Gasteiger partial charge < -0.3 is 10.2 Å². The number of carbonyl (C=O) groups excluding carboxylic acids is 2. The van der Waals surface area contributed by atoms with Gasteiger partial charge in [-0.2, -0.15) is 0 Å². The Morgan fingerprint density at radius 2 is 1.92 bits per heavy atom. The Kier molecular flexibility index (Phi) is 6.03. The number of likely N-dealkylation sites (tertiary alicyclic amines) is 1. The van der Waals surface area contributed by atoms with Crippen LogP contribution in [0.15, 0.2) is 30.3 Å². The van der Waals surface area contributed by atoms with E-state index in [1.54, 1.807) is 0 Å². The Balaban J connectivity index is 1.92. The van der Waals surface area contributed by atoms with Gasteiger partial charge in [0.2, 0.25) is 0 Å². The molecule has 0 aliphatic carbocycles. The summed E-state index contributed by atoms with van der Waals surface area (Å²) in [4.78, 5) is 26.9. The summed E-state index contributed by atoms with van der Waals surface area (Å²) in [5.41, 5.74) is 0.510. The van der Waals surface area contributed by atoms with Crippen LogP contribution in [0.25, 0.3) is 0 Å². The number of piperidine rings is 1. The summed E-state index contributed by atoms with van der Waals surface area (Å²) in [6.07, 6.45) is 2.55. The number of ketones is 1. The molecule has 0 radical (unpaired) electrons.